The van der Waals surface area contributed by atoms with Crippen molar-refractivity contribution in [3.05, 3.63) is 97.4 Å². The lowest BCUT2D eigenvalue weighted by Gasteiger charge is -2.23. The standard InChI is InChI=1S/C25H26BrF2N3O4/c1-15-9-22(35-14-18-7-8-19(27)10-20(18)28)23(26)25(34)31(15)12-17-5-3-16(4-6-17)11-30(2)21(13-32)24(29)33/h3-10,21,32H,11-14H2,1-2H3,(H2,29,33)/t21-/m0/s1. The molecule has 1 atom stereocenters. The van der Waals surface area contributed by atoms with Crippen LogP contribution in [0.5, 0.6) is 5.75 Å². The lowest BCUT2D eigenvalue weighted by molar-refractivity contribution is -0.124. The van der Waals surface area contributed by atoms with Crippen molar-refractivity contribution in [2.45, 2.75) is 32.7 Å². The Morgan fingerprint density at radius 2 is 1.83 bits per heavy atom. The van der Waals surface area contributed by atoms with Crippen molar-refractivity contribution in [1.29, 1.82) is 0 Å². The number of ether oxygens (including phenoxy) is 1. The molecule has 0 saturated carbocycles. The molecule has 35 heavy (non-hydrogen) atoms. The van der Waals surface area contributed by atoms with Gasteiger partial charge in [-0.2, -0.15) is 0 Å². The fourth-order valence-electron chi connectivity index (χ4n) is 3.59. The molecular weight excluding hydrogens is 524 g/mol. The molecule has 7 nitrogen and oxygen atoms in total. The number of carbonyl (C=O) groups excluding carboxylic acids is 1. The maximum Gasteiger partial charge on any atom is 0.269 e. The van der Waals surface area contributed by atoms with Crippen molar-refractivity contribution in [3.8, 4) is 5.75 Å². The molecule has 0 fully saturated rings. The van der Waals surface area contributed by atoms with Gasteiger partial charge in [-0.05, 0) is 53.2 Å². The van der Waals surface area contributed by atoms with Crippen molar-refractivity contribution in [2.75, 3.05) is 13.7 Å². The van der Waals surface area contributed by atoms with Crippen LogP contribution in [0.2, 0.25) is 0 Å². The molecule has 0 aliphatic rings. The Labute approximate surface area is 209 Å². The van der Waals surface area contributed by atoms with Gasteiger partial charge >= 0.3 is 0 Å². The lowest BCUT2D eigenvalue weighted by Crippen LogP contribution is -2.44. The summed E-state index contributed by atoms with van der Waals surface area (Å²) in [5.74, 6) is -1.73. The van der Waals surface area contributed by atoms with Crippen LogP contribution in [-0.2, 0) is 24.5 Å². The second-order valence-corrected chi connectivity index (χ2v) is 9.01. The van der Waals surface area contributed by atoms with E-state index in [0.717, 1.165) is 23.3 Å². The Morgan fingerprint density at radius 3 is 2.43 bits per heavy atom. The number of aliphatic hydroxyl groups excluding tert-OH is 1. The molecule has 1 aromatic heterocycles. The fraction of sp³-hybridized carbons (Fsp3) is 0.280. The van der Waals surface area contributed by atoms with Gasteiger partial charge in [-0.1, -0.05) is 24.3 Å². The van der Waals surface area contributed by atoms with Crippen molar-refractivity contribution in [2.24, 2.45) is 5.73 Å². The van der Waals surface area contributed by atoms with Gasteiger partial charge in [0.25, 0.3) is 5.56 Å². The fourth-order valence-corrected chi connectivity index (χ4v) is 4.03. The molecule has 1 heterocycles. The van der Waals surface area contributed by atoms with Gasteiger partial charge in [-0.3, -0.25) is 14.5 Å². The summed E-state index contributed by atoms with van der Waals surface area (Å²) in [6.07, 6.45) is 0. The molecule has 0 unspecified atom stereocenters. The third kappa shape index (κ3) is 6.53. The molecule has 0 bridgehead atoms. The number of nitrogens with two attached hydrogens (primary N) is 1. The molecule has 0 saturated heterocycles. The first kappa shape index (κ1) is 26.5. The van der Waals surface area contributed by atoms with E-state index in [1.807, 2.05) is 24.3 Å². The molecule has 2 aromatic carbocycles. The van der Waals surface area contributed by atoms with Gasteiger partial charge in [0.05, 0.1) is 13.2 Å². The molecule has 0 spiro atoms. The SMILES string of the molecule is Cc1cc(OCc2ccc(F)cc2F)c(Br)c(=O)n1Cc1ccc(CN(C)[C@@H](CO)C(N)=O)cc1. The summed E-state index contributed by atoms with van der Waals surface area (Å²) < 4.78 is 34.4. The zero-order chi connectivity index (χ0) is 25.7. The van der Waals surface area contributed by atoms with Crippen LogP contribution in [0, 0.1) is 18.6 Å². The monoisotopic (exact) mass is 549 g/mol. The number of nitrogens with zero attached hydrogens (tertiary/aromatic N) is 2. The Bertz CT molecular complexity index is 1260. The number of aromatic nitrogens is 1. The van der Waals surface area contributed by atoms with Gasteiger partial charge in [0, 0.05) is 29.9 Å². The number of amides is 1. The van der Waals surface area contributed by atoms with E-state index in [-0.39, 0.29) is 34.6 Å². The molecule has 0 aliphatic heterocycles. The summed E-state index contributed by atoms with van der Waals surface area (Å²) in [6, 6.07) is 11.6. The Kier molecular flexibility index (Phi) is 8.76. The van der Waals surface area contributed by atoms with E-state index in [9.17, 15) is 23.5 Å². The first-order valence-corrected chi connectivity index (χ1v) is 11.5. The third-order valence-corrected chi connectivity index (χ3v) is 6.37. The van der Waals surface area contributed by atoms with Crippen LogP contribution in [0.3, 0.4) is 0 Å². The molecular formula is C25H26BrF2N3O4. The highest BCUT2D eigenvalue weighted by Gasteiger charge is 2.19. The van der Waals surface area contributed by atoms with E-state index in [2.05, 4.69) is 15.9 Å². The molecule has 0 aliphatic carbocycles. The molecule has 186 valence electrons. The number of carbonyl (C=O) groups is 1. The maximum absolute atomic E-state index is 13.9. The molecule has 10 heteroatoms. The number of benzene rings is 2. The average Bonchev–Trinajstić information content (AvgIpc) is 2.80. The number of primary amides is 1. The first-order valence-electron chi connectivity index (χ1n) is 10.8. The normalized spacial score (nSPS) is 12.1. The molecule has 1 amide bonds. The van der Waals surface area contributed by atoms with Crippen LogP contribution in [0.25, 0.3) is 0 Å². The summed E-state index contributed by atoms with van der Waals surface area (Å²) in [6.45, 7) is 1.98. The summed E-state index contributed by atoms with van der Waals surface area (Å²) in [4.78, 5) is 26.0. The topological polar surface area (TPSA) is 97.8 Å². The van der Waals surface area contributed by atoms with Gasteiger partial charge < -0.3 is 20.1 Å². The minimum Gasteiger partial charge on any atom is -0.487 e. The summed E-state index contributed by atoms with van der Waals surface area (Å²) >= 11 is 3.28. The molecule has 0 radical (unpaired) electrons. The van der Waals surface area contributed by atoms with Crippen molar-refractivity contribution >= 4 is 21.8 Å². The number of aryl methyl sites for hydroxylation is 1. The van der Waals surface area contributed by atoms with E-state index in [1.165, 1.54) is 6.07 Å². The average molecular weight is 550 g/mol. The zero-order valence-corrected chi connectivity index (χ0v) is 20.9. The van der Waals surface area contributed by atoms with E-state index in [1.54, 1.807) is 29.5 Å². The third-order valence-electron chi connectivity index (χ3n) is 5.64. The molecule has 3 aromatic rings. The summed E-state index contributed by atoms with van der Waals surface area (Å²) in [5, 5.41) is 9.34. The Hall–Kier alpha value is -3.08. The largest absolute Gasteiger partial charge is 0.487 e. The number of hydrogen-bond acceptors (Lipinski definition) is 5. The minimum absolute atomic E-state index is 0.156. The molecule has 3 rings (SSSR count). The van der Waals surface area contributed by atoms with Gasteiger partial charge in [-0.15, -0.1) is 0 Å². The van der Waals surface area contributed by atoms with Crippen LogP contribution >= 0.6 is 15.9 Å². The van der Waals surface area contributed by atoms with Crippen LogP contribution in [0.4, 0.5) is 8.78 Å². The van der Waals surface area contributed by atoms with Crippen molar-refractivity contribution in [3.63, 3.8) is 0 Å². The second kappa shape index (κ2) is 11.6. The van der Waals surface area contributed by atoms with Crippen LogP contribution in [0.1, 0.15) is 22.4 Å². The van der Waals surface area contributed by atoms with Crippen LogP contribution in [0.15, 0.2) is 57.8 Å². The predicted octanol–water partition coefficient (Wildman–Crippen LogP) is 3.10. The number of pyridine rings is 1. The first-order chi connectivity index (χ1) is 16.6. The van der Waals surface area contributed by atoms with Crippen molar-refractivity contribution < 1.29 is 23.4 Å². The van der Waals surface area contributed by atoms with Crippen molar-refractivity contribution in [1.82, 2.24) is 9.47 Å². The van der Waals surface area contributed by atoms with E-state index >= 15 is 0 Å². The predicted molar refractivity (Wildman–Crippen MR) is 131 cm³/mol. The number of rotatable bonds is 10. The van der Waals surface area contributed by atoms with Gasteiger partial charge in [0.15, 0.2) is 0 Å². The highest BCUT2D eigenvalue weighted by Crippen LogP contribution is 2.24. The highest BCUT2D eigenvalue weighted by molar-refractivity contribution is 9.10. The van der Waals surface area contributed by atoms with Crippen LogP contribution in [-0.4, -0.2) is 40.2 Å². The summed E-state index contributed by atoms with van der Waals surface area (Å²) in [5.41, 5.74) is 7.61. The van der Waals surface area contributed by atoms with E-state index in [0.29, 0.717) is 18.8 Å². The number of hydrogen-bond donors (Lipinski definition) is 2. The van der Waals surface area contributed by atoms with Gasteiger partial charge in [0.1, 0.15) is 34.5 Å². The smallest absolute Gasteiger partial charge is 0.269 e. The van der Waals surface area contributed by atoms with Gasteiger partial charge in [0.2, 0.25) is 5.91 Å². The zero-order valence-electron chi connectivity index (χ0n) is 19.3. The highest BCUT2D eigenvalue weighted by atomic mass is 79.9. The second-order valence-electron chi connectivity index (χ2n) is 8.21. The minimum atomic E-state index is -0.770. The number of likely N-dealkylation sites (N-methyl/N-ethyl adjacent to an activating group) is 1. The Balaban J connectivity index is 1.72. The number of aliphatic hydroxyl groups is 1. The van der Waals surface area contributed by atoms with E-state index < -0.39 is 23.6 Å². The van der Waals surface area contributed by atoms with Crippen LogP contribution < -0.4 is 16.0 Å². The van der Waals surface area contributed by atoms with E-state index in [4.69, 9.17) is 10.5 Å². The van der Waals surface area contributed by atoms with Gasteiger partial charge in [-0.25, -0.2) is 8.78 Å². The lowest BCUT2D eigenvalue weighted by atomic mass is 10.1. The maximum atomic E-state index is 13.9. The Morgan fingerprint density at radius 1 is 1.17 bits per heavy atom. The summed E-state index contributed by atoms with van der Waals surface area (Å²) in [7, 11) is 1.70. The quantitative estimate of drug-likeness (QED) is 0.405. The molecule has 3 N–H and O–H groups in total. The number of halogens is 3.